The van der Waals surface area contributed by atoms with Gasteiger partial charge in [0, 0.05) is 12.6 Å². The van der Waals surface area contributed by atoms with Crippen LogP contribution in [0.15, 0.2) is 24.3 Å². The minimum atomic E-state index is 0.300. The molecule has 0 saturated carbocycles. The van der Waals surface area contributed by atoms with E-state index in [0.717, 1.165) is 25.2 Å². The zero-order valence-electron chi connectivity index (χ0n) is 11.9. The maximum absolute atomic E-state index is 5.60. The van der Waals surface area contributed by atoms with E-state index in [1.54, 1.807) is 7.11 Å². The lowest BCUT2D eigenvalue weighted by Gasteiger charge is -2.18. The van der Waals surface area contributed by atoms with Gasteiger partial charge in [0.25, 0.3) is 0 Å². The molecular weight excluding hydrogens is 226 g/mol. The Labute approximate surface area is 110 Å². The lowest BCUT2D eigenvalue weighted by atomic mass is 10.0. The summed E-state index contributed by atoms with van der Waals surface area (Å²) in [6.07, 6.45) is 2.27. The van der Waals surface area contributed by atoms with Crippen molar-refractivity contribution in [3.63, 3.8) is 0 Å². The second kappa shape index (κ2) is 8.11. The average Bonchev–Trinajstić information content (AvgIpc) is 2.37. The summed E-state index contributed by atoms with van der Waals surface area (Å²) in [5.74, 6) is 0.961. The number of hydrogen-bond acceptors (Lipinski definition) is 3. The minimum Gasteiger partial charge on any atom is -0.496 e. The first-order valence-corrected chi connectivity index (χ1v) is 6.58. The summed E-state index contributed by atoms with van der Waals surface area (Å²) < 4.78 is 11.0. The molecular formula is C15H25NO2. The molecule has 18 heavy (non-hydrogen) atoms. The second-order valence-corrected chi connectivity index (χ2v) is 4.71. The Bertz CT molecular complexity index is 339. The molecule has 0 saturated heterocycles. The van der Waals surface area contributed by atoms with Crippen molar-refractivity contribution in [2.75, 3.05) is 20.8 Å². The highest BCUT2D eigenvalue weighted by Crippen LogP contribution is 2.19. The van der Waals surface area contributed by atoms with E-state index >= 15 is 0 Å². The predicted molar refractivity (Wildman–Crippen MR) is 75.3 cm³/mol. The largest absolute Gasteiger partial charge is 0.496 e. The van der Waals surface area contributed by atoms with Crippen molar-refractivity contribution in [1.29, 1.82) is 0 Å². The van der Waals surface area contributed by atoms with Crippen LogP contribution in [0.2, 0.25) is 0 Å². The van der Waals surface area contributed by atoms with Gasteiger partial charge in [0.05, 0.1) is 13.2 Å². The Balaban J connectivity index is 2.51. The Hall–Kier alpha value is -1.06. The first-order chi connectivity index (χ1) is 8.67. The van der Waals surface area contributed by atoms with Crippen molar-refractivity contribution >= 4 is 0 Å². The summed E-state index contributed by atoms with van der Waals surface area (Å²) in [5.41, 5.74) is 1.24. The quantitative estimate of drug-likeness (QED) is 0.770. The van der Waals surface area contributed by atoms with Gasteiger partial charge in [-0.15, -0.1) is 0 Å². The molecule has 0 bridgehead atoms. The summed E-state index contributed by atoms with van der Waals surface area (Å²) in [6.45, 7) is 4.92. The maximum Gasteiger partial charge on any atom is 0.122 e. The Morgan fingerprint density at radius 1 is 1.22 bits per heavy atom. The molecule has 1 rings (SSSR count). The highest BCUT2D eigenvalue weighted by atomic mass is 16.5. The highest BCUT2D eigenvalue weighted by molar-refractivity contribution is 5.33. The van der Waals surface area contributed by atoms with Gasteiger partial charge >= 0.3 is 0 Å². The molecule has 0 radical (unpaired) electrons. The van der Waals surface area contributed by atoms with Crippen molar-refractivity contribution < 1.29 is 9.47 Å². The van der Waals surface area contributed by atoms with Crippen molar-refractivity contribution in [1.82, 2.24) is 5.32 Å². The number of methoxy groups -OCH3 is 1. The number of likely N-dealkylation sites (N-methyl/N-ethyl adjacent to an activating group) is 1. The molecule has 0 aliphatic rings. The molecule has 1 aromatic rings. The number of rotatable bonds is 8. The molecule has 0 amide bonds. The van der Waals surface area contributed by atoms with E-state index in [9.17, 15) is 0 Å². The first-order valence-electron chi connectivity index (χ1n) is 6.58. The van der Waals surface area contributed by atoms with Crippen molar-refractivity contribution in [2.24, 2.45) is 0 Å². The van der Waals surface area contributed by atoms with Crippen LogP contribution in [0.3, 0.4) is 0 Å². The zero-order chi connectivity index (χ0) is 13.4. The second-order valence-electron chi connectivity index (χ2n) is 4.71. The lowest BCUT2D eigenvalue weighted by molar-refractivity contribution is 0.0719. The van der Waals surface area contributed by atoms with Crippen molar-refractivity contribution in [2.45, 2.75) is 38.8 Å². The van der Waals surface area contributed by atoms with Crippen LogP contribution in [0.5, 0.6) is 5.75 Å². The van der Waals surface area contributed by atoms with Gasteiger partial charge in [-0.2, -0.15) is 0 Å². The molecule has 0 fully saturated rings. The van der Waals surface area contributed by atoms with Crippen LogP contribution >= 0.6 is 0 Å². The topological polar surface area (TPSA) is 30.5 Å². The monoisotopic (exact) mass is 251 g/mol. The van der Waals surface area contributed by atoms with Gasteiger partial charge in [-0.25, -0.2) is 0 Å². The molecule has 3 heteroatoms. The Morgan fingerprint density at radius 3 is 2.56 bits per heavy atom. The number of nitrogens with one attached hydrogen (secondary N) is 1. The smallest absolute Gasteiger partial charge is 0.122 e. The van der Waals surface area contributed by atoms with E-state index in [1.165, 1.54) is 5.56 Å². The van der Waals surface area contributed by atoms with Gasteiger partial charge in [0.2, 0.25) is 0 Å². The molecule has 1 atom stereocenters. The molecule has 1 N–H and O–H groups in total. The van der Waals surface area contributed by atoms with E-state index < -0.39 is 0 Å². The first kappa shape index (κ1) is 15.0. The molecule has 0 spiro atoms. The van der Waals surface area contributed by atoms with Crippen molar-refractivity contribution in [3.05, 3.63) is 29.8 Å². The summed E-state index contributed by atoms with van der Waals surface area (Å²) in [5, 5.41) is 3.34. The van der Waals surface area contributed by atoms with Crippen LogP contribution in [0.25, 0.3) is 0 Å². The molecule has 102 valence electrons. The van der Waals surface area contributed by atoms with Gasteiger partial charge < -0.3 is 14.8 Å². The van der Waals surface area contributed by atoms with E-state index in [4.69, 9.17) is 9.47 Å². The summed E-state index contributed by atoms with van der Waals surface area (Å²) >= 11 is 0. The van der Waals surface area contributed by atoms with Gasteiger partial charge in [0.15, 0.2) is 0 Å². The SMILES string of the molecule is CNC(CCOC(C)C)Cc1ccccc1OC. The van der Waals surface area contributed by atoms with Crippen LogP contribution in [0, 0.1) is 0 Å². The lowest BCUT2D eigenvalue weighted by Crippen LogP contribution is -2.29. The van der Waals surface area contributed by atoms with Gasteiger partial charge in [-0.05, 0) is 45.4 Å². The Morgan fingerprint density at radius 2 is 1.94 bits per heavy atom. The van der Waals surface area contributed by atoms with Crippen LogP contribution < -0.4 is 10.1 Å². The van der Waals surface area contributed by atoms with Crippen LogP contribution in [0.1, 0.15) is 25.8 Å². The Kier molecular flexibility index (Phi) is 6.76. The predicted octanol–water partition coefficient (Wildman–Crippen LogP) is 2.64. The van der Waals surface area contributed by atoms with Gasteiger partial charge in [-0.1, -0.05) is 18.2 Å². The van der Waals surface area contributed by atoms with E-state index in [2.05, 4.69) is 31.3 Å². The van der Waals surface area contributed by atoms with Crippen molar-refractivity contribution in [3.8, 4) is 5.75 Å². The number of ether oxygens (including phenoxy) is 2. The summed E-state index contributed by atoms with van der Waals surface area (Å²) in [7, 11) is 3.71. The van der Waals surface area contributed by atoms with E-state index in [-0.39, 0.29) is 0 Å². The molecule has 0 aliphatic carbocycles. The average molecular weight is 251 g/mol. The summed E-state index contributed by atoms with van der Waals surface area (Å²) in [6, 6.07) is 8.59. The van der Waals surface area contributed by atoms with E-state index in [0.29, 0.717) is 12.1 Å². The molecule has 0 aromatic heterocycles. The number of hydrogen-bond donors (Lipinski definition) is 1. The van der Waals surface area contributed by atoms with Crippen LogP contribution in [-0.4, -0.2) is 32.9 Å². The van der Waals surface area contributed by atoms with Gasteiger partial charge in [-0.3, -0.25) is 0 Å². The van der Waals surface area contributed by atoms with Gasteiger partial charge in [0.1, 0.15) is 5.75 Å². The molecule has 0 aliphatic heterocycles. The molecule has 1 unspecified atom stereocenters. The highest BCUT2D eigenvalue weighted by Gasteiger charge is 2.10. The fraction of sp³-hybridized carbons (Fsp3) is 0.600. The molecule has 1 aromatic carbocycles. The maximum atomic E-state index is 5.60. The van der Waals surface area contributed by atoms with E-state index in [1.807, 2.05) is 19.2 Å². The zero-order valence-corrected chi connectivity index (χ0v) is 11.9. The number of para-hydroxylation sites is 1. The van der Waals surface area contributed by atoms with Crippen LogP contribution in [0.4, 0.5) is 0 Å². The summed E-state index contributed by atoms with van der Waals surface area (Å²) in [4.78, 5) is 0. The molecule has 0 heterocycles. The molecule has 3 nitrogen and oxygen atoms in total. The third-order valence-electron chi connectivity index (χ3n) is 2.98. The van der Waals surface area contributed by atoms with Crippen LogP contribution in [-0.2, 0) is 11.2 Å². The standard InChI is InChI=1S/C15H25NO2/c1-12(2)18-10-9-14(16-3)11-13-7-5-6-8-15(13)17-4/h5-8,12,14,16H,9-11H2,1-4H3. The number of benzene rings is 1. The third-order valence-corrected chi connectivity index (χ3v) is 2.98. The third kappa shape index (κ3) is 5.07. The normalized spacial score (nSPS) is 12.7. The minimum absolute atomic E-state index is 0.300. The fourth-order valence-electron chi connectivity index (χ4n) is 1.93. The fourth-order valence-corrected chi connectivity index (χ4v) is 1.93.